The van der Waals surface area contributed by atoms with E-state index < -0.39 is 0 Å². The van der Waals surface area contributed by atoms with E-state index in [0.717, 1.165) is 4.88 Å². The van der Waals surface area contributed by atoms with Crippen molar-refractivity contribution in [3.05, 3.63) is 22.4 Å². The van der Waals surface area contributed by atoms with E-state index in [-0.39, 0.29) is 18.6 Å². The Morgan fingerprint density at radius 3 is 2.47 bits per heavy atom. The molecule has 1 atom stereocenters. The molecule has 0 spiro atoms. The molecule has 0 saturated heterocycles. The molecule has 0 radical (unpaired) electrons. The first kappa shape index (κ1) is 12.9. The number of hydrogen-bond donors (Lipinski definition) is 2. The van der Waals surface area contributed by atoms with E-state index in [0.29, 0.717) is 19.6 Å². The SMILES string of the molecule is OCCN(CCO)CC(Cl)c1cccs1. The molecule has 0 aromatic carbocycles. The maximum Gasteiger partial charge on any atom is 0.0805 e. The summed E-state index contributed by atoms with van der Waals surface area (Å²) >= 11 is 7.84. The summed E-state index contributed by atoms with van der Waals surface area (Å²) in [5.41, 5.74) is 0. The van der Waals surface area contributed by atoms with Crippen LogP contribution in [-0.4, -0.2) is 48.0 Å². The van der Waals surface area contributed by atoms with Crippen LogP contribution in [0.1, 0.15) is 10.3 Å². The van der Waals surface area contributed by atoms with Crippen molar-refractivity contribution >= 4 is 22.9 Å². The number of alkyl halides is 1. The van der Waals surface area contributed by atoms with Gasteiger partial charge in [0.25, 0.3) is 0 Å². The predicted octanol–water partition coefficient (Wildman–Crippen LogP) is 1.31. The number of thiophene rings is 1. The normalized spacial score (nSPS) is 13.3. The zero-order valence-electron chi connectivity index (χ0n) is 8.47. The molecule has 0 aliphatic carbocycles. The Morgan fingerprint density at radius 2 is 2.00 bits per heavy atom. The molecule has 1 heterocycles. The standard InChI is InChI=1S/C10H16ClNO2S/c11-9(10-2-1-7-15-10)8-12(3-5-13)4-6-14/h1-2,7,9,13-14H,3-6,8H2. The molecule has 5 heteroatoms. The van der Waals surface area contributed by atoms with Crippen LogP contribution in [0.25, 0.3) is 0 Å². The Bertz CT molecular complexity index is 250. The van der Waals surface area contributed by atoms with Crippen molar-refractivity contribution < 1.29 is 10.2 Å². The van der Waals surface area contributed by atoms with Gasteiger partial charge >= 0.3 is 0 Å². The molecule has 0 aliphatic rings. The third-order valence-corrected chi connectivity index (χ3v) is 3.59. The van der Waals surface area contributed by atoms with Gasteiger partial charge in [-0.3, -0.25) is 4.90 Å². The summed E-state index contributed by atoms with van der Waals surface area (Å²) in [6.07, 6.45) is 0. The molecular weight excluding hydrogens is 234 g/mol. The van der Waals surface area contributed by atoms with E-state index >= 15 is 0 Å². The first-order chi connectivity index (χ1) is 7.27. The number of rotatable bonds is 7. The maximum absolute atomic E-state index is 8.84. The average Bonchev–Trinajstić information content (AvgIpc) is 2.71. The van der Waals surface area contributed by atoms with Crippen molar-refractivity contribution in [2.45, 2.75) is 5.38 Å². The second kappa shape index (κ2) is 7.19. The van der Waals surface area contributed by atoms with Gasteiger partial charge in [-0.05, 0) is 11.4 Å². The highest BCUT2D eigenvalue weighted by atomic mass is 35.5. The van der Waals surface area contributed by atoms with E-state index in [9.17, 15) is 0 Å². The van der Waals surface area contributed by atoms with Gasteiger partial charge in [0.05, 0.1) is 18.6 Å². The van der Waals surface area contributed by atoms with E-state index in [1.54, 1.807) is 11.3 Å². The molecule has 3 nitrogen and oxygen atoms in total. The van der Waals surface area contributed by atoms with Crippen LogP contribution in [0.15, 0.2) is 17.5 Å². The predicted molar refractivity (Wildman–Crippen MR) is 63.5 cm³/mol. The minimum absolute atomic E-state index is 0.0666. The highest BCUT2D eigenvalue weighted by Gasteiger charge is 2.13. The van der Waals surface area contributed by atoms with Crippen LogP contribution in [0.4, 0.5) is 0 Å². The van der Waals surface area contributed by atoms with Crippen molar-refractivity contribution in [1.82, 2.24) is 4.90 Å². The third-order valence-electron chi connectivity index (χ3n) is 2.10. The zero-order valence-corrected chi connectivity index (χ0v) is 10.0. The Labute approximate surface area is 98.9 Å². The van der Waals surface area contributed by atoms with Crippen molar-refractivity contribution in [3.63, 3.8) is 0 Å². The number of halogens is 1. The minimum atomic E-state index is -0.0666. The van der Waals surface area contributed by atoms with Gasteiger partial charge in [0.2, 0.25) is 0 Å². The van der Waals surface area contributed by atoms with Gasteiger partial charge in [-0.1, -0.05) is 6.07 Å². The lowest BCUT2D eigenvalue weighted by atomic mass is 10.3. The molecule has 86 valence electrons. The van der Waals surface area contributed by atoms with E-state index in [4.69, 9.17) is 21.8 Å². The Morgan fingerprint density at radius 1 is 1.33 bits per heavy atom. The lowest BCUT2D eigenvalue weighted by Gasteiger charge is -2.22. The Kier molecular flexibility index (Phi) is 6.20. The topological polar surface area (TPSA) is 43.7 Å². The second-order valence-electron chi connectivity index (χ2n) is 3.23. The summed E-state index contributed by atoms with van der Waals surface area (Å²) in [5.74, 6) is 0. The fourth-order valence-corrected chi connectivity index (χ4v) is 2.48. The smallest absolute Gasteiger partial charge is 0.0805 e. The van der Waals surface area contributed by atoms with E-state index in [1.165, 1.54) is 0 Å². The number of hydrogen-bond acceptors (Lipinski definition) is 4. The lowest BCUT2D eigenvalue weighted by molar-refractivity contribution is 0.161. The summed E-state index contributed by atoms with van der Waals surface area (Å²) in [6, 6.07) is 3.97. The molecule has 1 unspecified atom stereocenters. The summed E-state index contributed by atoms with van der Waals surface area (Å²) in [6.45, 7) is 1.94. The lowest BCUT2D eigenvalue weighted by Crippen LogP contribution is -2.32. The van der Waals surface area contributed by atoms with E-state index in [1.807, 2.05) is 22.4 Å². The van der Waals surface area contributed by atoms with Crippen LogP contribution in [0.3, 0.4) is 0 Å². The van der Waals surface area contributed by atoms with Gasteiger partial charge in [-0.2, -0.15) is 0 Å². The van der Waals surface area contributed by atoms with Crippen molar-refractivity contribution in [3.8, 4) is 0 Å². The molecule has 0 amide bonds. The Balaban J connectivity index is 2.43. The maximum atomic E-state index is 8.84. The molecular formula is C10H16ClNO2S. The summed E-state index contributed by atoms with van der Waals surface area (Å²) in [5, 5.41) is 19.6. The molecule has 2 N–H and O–H groups in total. The van der Waals surface area contributed by atoms with Crippen LogP contribution in [0.2, 0.25) is 0 Å². The Hall–Kier alpha value is -0.130. The molecule has 0 aliphatic heterocycles. The minimum Gasteiger partial charge on any atom is -0.395 e. The first-order valence-corrected chi connectivity index (χ1v) is 6.21. The van der Waals surface area contributed by atoms with Crippen LogP contribution >= 0.6 is 22.9 Å². The van der Waals surface area contributed by atoms with Crippen LogP contribution in [-0.2, 0) is 0 Å². The van der Waals surface area contributed by atoms with Crippen molar-refractivity contribution in [1.29, 1.82) is 0 Å². The van der Waals surface area contributed by atoms with Crippen LogP contribution in [0, 0.1) is 0 Å². The summed E-state index contributed by atoms with van der Waals surface area (Å²) < 4.78 is 0. The monoisotopic (exact) mass is 249 g/mol. The van der Waals surface area contributed by atoms with Crippen molar-refractivity contribution in [2.75, 3.05) is 32.8 Å². The van der Waals surface area contributed by atoms with Gasteiger partial charge in [0.15, 0.2) is 0 Å². The fraction of sp³-hybridized carbons (Fsp3) is 0.600. The molecule has 0 fully saturated rings. The largest absolute Gasteiger partial charge is 0.395 e. The molecule has 0 saturated carbocycles. The molecule has 0 bridgehead atoms. The first-order valence-electron chi connectivity index (χ1n) is 4.89. The van der Waals surface area contributed by atoms with E-state index in [2.05, 4.69) is 0 Å². The fourth-order valence-electron chi connectivity index (χ4n) is 1.36. The average molecular weight is 250 g/mol. The molecule has 15 heavy (non-hydrogen) atoms. The zero-order chi connectivity index (χ0) is 11.1. The van der Waals surface area contributed by atoms with Crippen molar-refractivity contribution in [2.24, 2.45) is 0 Å². The number of aliphatic hydroxyl groups excluding tert-OH is 2. The number of nitrogens with zero attached hydrogens (tertiary/aromatic N) is 1. The highest BCUT2D eigenvalue weighted by Crippen LogP contribution is 2.25. The quantitative estimate of drug-likeness (QED) is 0.717. The number of aliphatic hydroxyl groups is 2. The summed E-state index contributed by atoms with van der Waals surface area (Å²) in [7, 11) is 0. The van der Waals surface area contributed by atoms with Gasteiger partial charge in [0.1, 0.15) is 0 Å². The van der Waals surface area contributed by atoms with Crippen LogP contribution in [0.5, 0.6) is 0 Å². The second-order valence-corrected chi connectivity index (χ2v) is 4.74. The van der Waals surface area contributed by atoms with Gasteiger partial charge in [-0.15, -0.1) is 22.9 Å². The highest BCUT2D eigenvalue weighted by molar-refractivity contribution is 7.10. The summed E-state index contributed by atoms with van der Waals surface area (Å²) in [4.78, 5) is 3.08. The van der Waals surface area contributed by atoms with Crippen LogP contribution < -0.4 is 0 Å². The van der Waals surface area contributed by atoms with Gasteiger partial charge in [0, 0.05) is 24.5 Å². The van der Waals surface area contributed by atoms with Gasteiger partial charge < -0.3 is 10.2 Å². The van der Waals surface area contributed by atoms with Gasteiger partial charge in [-0.25, -0.2) is 0 Å². The molecule has 1 aromatic rings. The molecule has 1 rings (SSSR count). The molecule has 1 aromatic heterocycles. The third kappa shape index (κ3) is 4.49.